The summed E-state index contributed by atoms with van der Waals surface area (Å²) in [6, 6.07) is 7.30. The SMILES string of the molecule is NC(=NCC1CCC1)NCCOc1ccc(Cl)cc1. The minimum Gasteiger partial charge on any atom is -0.492 e. The van der Waals surface area contributed by atoms with Gasteiger partial charge in [-0.3, -0.25) is 4.99 Å². The second-order valence-electron chi connectivity index (χ2n) is 4.75. The number of guanidine groups is 1. The maximum Gasteiger partial charge on any atom is 0.188 e. The van der Waals surface area contributed by atoms with Crippen molar-refractivity contribution in [3.63, 3.8) is 0 Å². The summed E-state index contributed by atoms with van der Waals surface area (Å²) in [7, 11) is 0. The van der Waals surface area contributed by atoms with E-state index in [-0.39, 0.29) is 0 Å². The lowest BCUT2D eigenvalue weighted by Crippen LogP contribution is -2.35. The fourth-order valence-corrected chi connectivity index (χ4v) is 1.96. The fraction of sp³-hybridized carbons (Fsp3) is 0.500. The Bertz CT molecular complexity index is 415. The summed E-state index contributed by atoms with van der Waals surface area (Å²) in [6.45, 7) is 2.03. The highest BCUT2D eigenvalue weighted by atomic mass is 35.5. The average Bonchev–Trinajstić information content (AvgIpc) is 2.35. The molecule has 1 fully saturated rings. The van der Waals surface area contributed by atoms with Crippen molar-refractivity contribution < 1.29 is 4.74 Å². The highest BCUT2D eigenvalue weighted by molar-refractivity contribution is 6.30. The number of ether oxygens (including phenoxy) is 1. The first-order valence-corrected chi connectivity index (χ1v) is 7.04. The smallest absolute Gasteiger partial charge is 0.188 e. The summed E-state index contributed by atoms with van der Waals surface area (Å²) in [6.07, 6.45) is 3.91. The first-order chi connectivity index (χ1) is 9.24. The summed E-state index contributed by atoms with van der Waals surface area (Å²) in [5.41, 5.74) is 5.77. The van der Waals surface area contributed by atoms with E-state index < -0.39 is 0 Å². The van der Waals surface area contributed by atoms with E-state index in [9.17, 15) is 0 Å². The molecule has 0 unspecified atom stereocenters. The number of hydrogen-bond donors (Lipinski definition) is 2. The maximum atomic E-state index is 5.79. The molecular weight excluding hydrogens is 262 g/mol. The zero-order valence-corrected chi connectivity index (χ0v) is 11.7. The molecular formula is C14H20ClN3O. The van der Waals surface area contributed by atoms with Gasteiger partial charge >= 0.3 is 0 Å². The summed E-state index contributed by atoms with van der Waals surface area (Å²) < 4.78 is 5.54. The van der Waals surface area contributed by atoms with Gasteiger partial charge in [-0.2, -0.15) is 0 Å². The minimum absolute atomic E-state index is 0.506. The first kappa shape index (κ1) is 14.0. The van der Waals surface area contributed by atoms with Gasteiger partial charge in [0.2, 0.25) is 0 Å². The van der Waals surface area contributed by atoms with Crippen LogP contribution in [0.3, 0.4) is 0 Å². The van der Waals surface area contributed by atoms with Crippen molar-refractivity contribution in [3.8, 4) is 5.75 Å². The van der Waals surface area contributed by atoms with Crippen LogP contribution in [0.1, 0.15) is 19.3 Å². The number of hydrogen-bond acceptors (Lipinski definition) is 2. The molecule has 0 aromatic heterocycles. The zero-order valence-electron chi connectivity index (χ0n) is 10.9. The molecule has 5 heteroatoms. The number of nitrogens with zero attached hydrogens (tertiary/aromatic N) is 1. The van der Waals surface area contributed by atoms with Crippen LogP contribution in [0.15, 0.2) is 29.3 Å². The van der Waals surface area contributed by atoms with Crippen molar-refractivity contribution in [1.82, 2.24) is 5.32 Å². The van der Waals surface area contributed by atoms with Crippen molar-refractivity contribution in [2.24, 2.45) is 16.6 Å². The molecule has 104 valence electrons. The first-order valence-electron chi connectivity index (χ1n) is 6.66. The van der Waals surface area contributed by atoms with Crippen LogP contribution in [0.5, 0.6) is 5.75 Å². The molecule has 0 bridgehead atoms. The number of aliphatic imine (C=N–C) groups is 1. The number of nitrogens with two attached hydrogens (primary N) is 1. The quantitative estimate of drug-likeness (QED) is 0.478. The van der Waals surface area contributed by atoms with E-state index in [1.54, 1.807) is 12.1 Å². The van der Waals surface area contributed by atoms with Crippen LogP contribution in [0.4, 0.5) is 0 Å². The van der Waals surface area contributed by atoms with Gasteiger partial charge in [0.05, 0.1) is 6.54 Å². The van der Waals surface area contributed by atoms with Crippen molar-refractivity contribution in [2.75, 3.05) is 19.7 Å². The molecule has 1 aliphatic carbocycles. The number of halogens is 1. The standard InChI is InChI=1S/C14H20ClN3O/c15-12-4-6-13(7-5-12)19-9-8-17-14(16)18-10-11-2-1-3-11/h4-7,11H,1-3,8-10H2,(H3,16,17,18). The van der Waals surface area contributed by atoms with Gasteiger partial charge in [0.1, 0.15) is 12.4 Å². The third-order valence-electron chi connectivity index (χ3n) is 3.24. The Hall–Kier alpha value is -1.42. The van der Waals surface area contributed by atoms with Crippen molar-refractivity contribution in [3.05, 3.63) is 29.3 Å². The summed E-state index contributed by atoms with van der Waals surface area (Å²) in [5.74, 6) is 2.05. The minimum atomic E-state index is 0.506. The van der Waals surface area contributed by atoms with Crippen LogP contribution in [-0.4, -0.2) is 25.7 Å². The summed E-state index contributed by atoms with van der Waals surface area (Å²) >= 11 is 5.79. The van der Waals surface area contributed by atoms with Crippen LogP contribution in [0.25, 0.3) is 0 Å². The van der Waals surface area contributed by atoms with Gasteiger partial charge in [-0.25, -0.2) is 0 Å². The van der Waals surface area contributed by atoms with Gasteiger partial charge in [0, 0.05) is 11.6 Å². The number of benzene rings is 1. The fourth-order valence-electron chi connectivity index (χ4n) is 1.84. The average molecular weight is 282 g/mol. The Morgan fingerprint density at radius 1 is 1.37 bits per heavy atom. The second-order valence-corrected chi connectivity index (χ2v) is 5.19. The van der Waals surface area contributed by atoms with Gasteiger partial charge in [-0.1, -0.05) is 18.0 Å². The molecule has 1 saturated carbocycles. The molecule has 19 heavy (non-hydrogen) atoms. The molecule has 4 nitrogen and oxygen atoms in total. The van der Waals surface area contributed by atoms with Crippen LogP contribution in [0, 0.1) is 5.92 Å². The Kier molecular flexibility index (Phi) is 5.33. The highest BCUT2D eigenvalue weighted by Crippen LogP contribution is 2.26. The second kappa shape index (κ2) is 7.24. The Morgan fingerprint density at radius 3 is 2.74 bits per heavy atom. The van der Waals surface area contributed by atoms with Gasteiger partial charge in [-0.05, 0) is 43.0 Å². The van der Waals surface area contributed by atoms with Crippen LogP contribution >= 0.6 is 11.6 Å². The monoisotopic (exact) mass is 281 g/mol. The summed E-state index contributed by atoms with van der Waals surface area (Å²) in [5, 5.41) is 3.75. The molecule has 3 N–H and O–H groups in total. The van der Waals surface area contributed by atoms with Crippen molar-refractivity contribution in [2.45, 2.75) is 19.3 Å². The van der Waals surface area contributed by atoms with Gasteiger partial charge < -0.3 is 15.8 Å². The Balaban J connectivity index is 1.59. The lowest BCUT2D eigenvalue weighted by Gasteiger charge is -2.23. The molecule has 0 atom stereocenters. The largest absolute Gasteiger partial charge is 0.492 e. The van der Waals surface area contributed by atoms with Crippen molar-refractivity contribution >= 4 is 17.6 Å². The lowest BCUT2D eigenvalue weighted by molar-refractivity contribution is 0.320. The maximum absolute atomic E-state index is 5.79. The van der Waals surface area contributed by atoms with Gasteiger partial charge in [-0.15, -0.1) is 0 Å². The molecule has 1 aromatic carbocycles. The predicted octanol–water partition coefficient (Wildman–Crippen LogP) is 2.42. The highest BCUT2D eigenvalue weighted by Gasteiger charge is 2.16. The van der Waals surface area contributed by atoms with E-state index in [0.717, 1.165) is 18.2 Å². The third-order valence-corrected chi connectivity index (χ3v) is 3.49. The molecule has 0 aliphatic heterocycles. The normalized spacial score (nSPS) is 15.9. The lowest BCUT2D eigenvalue weighted by atomic mass is 9.86. The molecule has 0 heterocycles. The van der Waals surface area contributed by atoms with Gasteiger partial charge in [0.25, 0.3) is 0 Å². The Labute approximate surface area is 119 Å². The Morgan fingerprint density at radius 2 is 2.11 bits per heavy atom. The molecule has 0 radical (unpaired) electrons. The molecule has 1 aliphatic rings. The topological polar surface area (TPSA) is 59.6 Å². The molecule has 1 aromatic rings. The van der Waals surface area contributed by atoms with Crippen LogP contribution in [-0.2, 0) is 0 Å². The molecule has 0 amide bonds. The number of rotatable bonds is 6. The molecule has 2 rings (SSSR count). The van der Waals surface area contributed by atoms with E-state index >= 15 is 0 Å². The molecule has 0 spiro atoms. The van der Waals surface area contributed by atoms with Crippen molar-refractivity contribution in [1.29, 1.82) is 0 Å². The van der Waals surface area contributed by atoms with Crippen LogP contribution < -0.4 is 15.8 Å². The molecule has 0 saturated heterocycles. The summed E-state index contributed by atoms with van der Waals surface area (Å²) in [4.78, 5) is 4.31. The van der Waals surface area contributed by atoms with E-state index in [2.05, 4.69) is 10.3 Å². The van der Waals surface area contributed by atoms with E-state index in [4.69, 9.17) is 22.1 Å². The van der Waals surface area contributed by atoms with E-state index in [0.29, 0.717) is 24.1 Å². The number of nitrogens with one attached hydrogen (secondary N) is 1. The zero-order chi connectivity index (χ0) is 13.5. The van der Waals surface area contributed by atoms with Gasteiger partial charge in [0.15, 0.2) is 5.96 Å². The van der Waals surface area contributed by atoms with Crippen LogP contribution in [0.2, 0.25) is 5.02 Å². The predicted molar refractivity (Wildman–Crippen MR) is 78.8 cm³/mol. The van der Waals surface area contributed by atoms with E-state index in [1.165, 1.54) is 19.3 Å². The third kappa shape index (κ3) is 4.99. The van der Waals surface area contributed by atoms with E-state index in [1.807, 2.05) is 12.1 Å².